The van der Waals surface area contributed by atoms with Crippen molar-refractivity contribution in [2.75, 3.05) is 5.32 Å². The monoisotopic (exact) mass is 263 g/mol. The summed E-state index contributed by atoms with van der Waals surface area (Å²) in [4.78, 5) is 4.34. The average Bonchev–Trinajstić information content (AvgIpc) is 2.83. The zero-order valence-corrected chi connectivity index (χ0v) is 11.4. The van der Waals surface area contributed by atoms with Gasteiger partial charge in [-0.05, 0) is 17.4 Å². The molecule has 5 heteroatoms. The molecule has 0 radical (unpaired) electrons. The summed E-state index contributed by atoms with van der Waals surface area (Å²) in [6.45, 7) is 4.87. The van der Waals surface area contributed by atoms with E-state index in [9.17, 15) is 0 Å². The number of para-hydroxylation sites is 1. The summed E-state index contributed by atoms with van der Waals surface area (Å²) in [5.41, 5.74) is 1.05. The Bertz CT molecular complexity index is 470. The third-order valence-electron chi connectivity index (χ3n) is 2.27. The van der Waals surface area contributed by atoms with E-state index in [0.29, 0.717) is 17.7 Å². The van der Waals surface area contributed by atoms with Gasteiger partial charge in [0.05, 0.1) is 12.3 Å². The Kier molecular flexibility index (Phi) is 4.64. The largest absolute Gasteiger partial charge is 0.376 e. The fraction of sp³-hybridized carbons (Fsp3) is 0.385. The maximum Gasteiger partial charge on any atom is 0.245 e. The van der Waals surface area contributed by atoms with Gasteiger partial charge in [0.25, 0.3) is 0 Å². The quantitative estimate of drug-likeness (QED) is 0.866. The van der Waals surface area contributed by atoms with E-state index < -0.39 is 0 Å². The lowest BCUT2D eigenvalue weighted by molar-refractivity contribution is 0.379. The molecule has 18 heavy (non-hydrogen) atoms. The molecule has 1 N–H and O–H groups in total. The van der Waals surface area contributed by atoms with Gasteiger partial charge in [-0.2, -0.15) is 16.7 Å². The van der Waals surface area contributed by atoms with Crippen LogP contribution in [0.5, 0.6) is 0 Å². The molecule has 1 aromatic carbocycles. The standard InChI is InChI=1S/C13H17N3OS/c1-10(2)18-9-12-15-13(17-16-12)8-14-11-6-4-3-5-7-11/h3-7,10,14H,8-9H2,1-2H3. The topological polar surface area (TPSA) is 51.0 Å². The number of thioether (sulfide) groups is 1. The second kappa shape index (κ2) is 6.44. The molecule has 4 nitrogen and oxygen atoms in total. The maximum absolute atomic E-state index is 5.18. The highest BCUT2D eigenvalue weighted by atomic mass is 32.2. The van der Waals surface area contributed by atoms with Gasteiger partial charge in [-0.3, -0.25) is 0 Å². The molecule has 0 atom stereocenters. The molecule has 0 saturated heterocycles. The maximum atomic E-state index is 5.18. The van der Waals surface area contributed by atoms with E-state index >= 15 is 0 Å². The van der Waals surface area contributed by atoms with Crippen LogP contribution in [0.1, 0.15) is 25.6 Å². The fourth-order valence-electron chi connectivity index (χ4n) is 1.40. The first kappa shape index (κ1) is 13.0. The van der Waals surface area contributed by atoms with E-state index in [4.69, 9.17) is 4.52 Å². The third kappa shape index (κ3) is 4.07. The minimum absolute atomic E-state index is 0.559. The molecule has 0 unspecified atom stereocenters. The number of nitrogens with one attached hydrogen (secondary N) is 1. The Morgan fingerprint density at radius 3 is 2.78 bits per heavy atom. The Morgan fingerprint density at radius 2 is 2.06 bits per heavy atom. The zero-order chi connectivity index (χ0) is 12.8. The number of rotatable bonds is 6. The van der Waals surface area contributed by atoms with Crippen LogP contribution in [0.2, 0.25) is 0 Å². The van der Waals surface area contributed by atoms with Crippen molar-refractivity contribution in [3.05, 3.63) is 42.0 Å². The van der Waals surface area contributed by atoms with Gasteiger partial charge in [-0.15, -0.1) is 0 Å². The normalized spacial score (nSPS) is 10.8. The van der Waals surface area contributed by atoms with Crippen LogP contribution in [0.4, 0.5) is 5.69 Å². The van der Waals surface area contributed by atoms with Crippen LogP contribution in [0.25, 0.3) is 0 Å². The molecule has 0 amide bonds. The van der Waals surface area contributed by atoms with Crippen LogP contribution in [-0.2, 0) is 12.3 Å². The van der Waals surface area contributed by atoms with E-state index in [1.165, 1.54) is 0 Å². The highest BCUT2D eigenvalue weighted by Gasteiger charge is 2.06. The number of benzene rings is 1. The number of hydrogen-bond donors (Lipinski definition) is 1. The van der Waals surface area contributed by atoms with Crippen molar-refractivity contribution in [3.63, 3.8) is 0 Å². The molecule has 0 saturated carbocycles. The molecule has 0 spiro atoms. The summed E-state index contributed by atoms with van der Waals surface area (Å²) in [5.74, 6) is 2.18. The van der Waals surface area contributed by atoms with Crippen LogP contribution in [0.3, 0.4) is 0 Å². The molecular weight excluding hydrogens is 246 g/mol. The Balaban J connectivity index is 1.83. The minimum Gasteiger partial charge on any atom is -0.376 e. The number of aromatic nitrogens is 2. The van der Waals surface area contributed by atoms with Crippen molar-refractivity contribution in [1.82, 2.24) is 10.1 Å². The first-order valence-corrected chi connectivity index (χ1v) is 7.01. The van der Waals surface area contributed by atoms with Gasteiger partial charge in [0.2, 0.25) is 5.89 Å². The van der Waals surface area contributed by atoms with Gasteiger partial charge in [-0.25, -0.2) is 0 Å². The van der Waals surface area contributed by atoms with Gasteiger partial charge in [0, 0.05) is 5.69 Å². The molecule has 0 aliphatic heterocycles. The van der Waals surface area contributed by atoms with Crippen LogP contribution < -0.4 is 5.32 Å². The van der Waals surface area contributed by atoms with E-state index in [1.807, 2.05) is 30.3 Å². The smallest absolute Gasteiger partial charge is 0.245 e. The SMILES string of the molecule is CC(C)SCc1noc(CNc2ccccc2)n1. The molecule has 0 bridgehead atoms. The van der Waals surface area contributed by atoms with Crippen LogP contribution >= 0.6 is 11.8 Å². The van der Waals surface area contributed by atoms with Crippen molar-refractivity contribution in [2.24, 2.45) is 0 Å². The molecule has 1 heterocycles. The van der Waals surface area contributed by atoms with Crippen molar-refractivity contribution in [1.29, 1.82) is 0 Å². The van der Waals surface area contributed by atoms with Crippen molar-refractivity contribution in [2.45, 2.75) is 31.4 Å². The zero-order valence-electron chi connectivity index (χ0n) is 10.6. The lowest BCUT2D eigenvalue weighted by atomic mass is 10.3. The van der Waals surface area contributed by atoms with Gasteiger partial charge >= 0.3 is 0 Å². The van der Waals surface area contributed by atoms with E-state index in [2.05, 4.69) is 29.3 Å². The third-order valence-corrected chi connectivity index (χ3v) is 3.36. The number of hydrogen-bond acceptors (Lipinski definition) is 5. The molecule has 2 rings (SSSR count). The van der Waals surface area contributed by atoms with Crippen LogP contribution in [0, 0.1) is 0 Å². The molecule has 0 aliphatic rings. The Hall–Kier alpha value is -1.49. The van der Waals surface area contributed by atoms with Crippen LogP contribution in [-0.4, -0.2) is 15.4 Å². The predicted molar refractivity (Wildman–Crippen MR) is 74.5 cm³/mol. The Morgan fingerprint density at radius 1 is 1.28 bits per heavy atom. The van der Waals surface area contributed by atoms with Crippen molar-refractivity contribution >= 4 is 17.4 Å². The highest BCUT2D eigenvalue weighted by molar-refractivity contribution is 7.99. The first-order valence-electron chi connectivity index (χ1n) is 5.96. The molecule has 1 aromatic heterocycles. The first-order chi connectivity index (χ1) is 8.74. The van der Waals surface area contributed by atoms with Gasteiger partial charge in [-0.1, -0.05) is 37.2 Å². The second-order valence-electron chi connectivity index (χ2n) is 4.18. The van der Waals surface area contributed by atoms with Crippen molar-refractivity contribution < 1.29 is 4.52 Å². The lowest BCUT2D eigenvalue weighted by Crippen LogP contribution is -1.99. The summed E-state index contributed by atoms with van der Waals surface area (Å²) in [6.07, 6.45) is 0. The van der Waals surface area contributed by atoms with Crippen LogP contribution in [0.15, 0.2) is 34.9 Å². The molecule has 2 aromatic rings. The average molecular weight is 263 g/mol. The summed E-state index contributed by atoms with van der Waals surface area (Å²) in [6, 6.07) is 9.97. The predicted octanol–water partition coefficient (Wildman–Crippen LogP) is 3.32. The van der Waals surface area contributed by atoms with Gasteiger partial charge in [0.1, 0.15) is 0 Å². The summed E-state index contributed by atoms with van der Waals surface area (Å²) < 4.78 is 5.18. The fourth-order valence-corrected chi connectivity index (χ4v) is 2.00. The van der Waals surface area contributed by atoms with Gasteiger partial charge in [0.15, 0.2) is 5.82 Å². The summed E-state index contributed by atoms with van der Waals surface area (Å²) in [5, 5.41) is 7.77. The number of nitrogens with zero attached hydrogens (tertiary/aromatic N) is 2. The van der Waals surface area contributed by atoms with E-state index in [1.54, 1.807) is 11.8 Å². The second-order valence-corrected chi connectivity index (χ2v) is 5.75. The lowest BCUT2D eigenvalue weighted by Gasteiger charge is -2.01. The molecule has 0 fully saturated rings. The van der Waals surface area contributed by atoms with Crippen molar-refractivity contribution in [3.8, 4) is 0 Å². The number of anilines is 1. The van der Waals surface area contributed by atoms with E-state index in [-0.39, 0.29) is 0 Å². The molecule has 0 aliphatic carbocycles. The van der Waals surface area contributed by atoms with E-state index in [0.717, 1.165) is 17.3 Å². The molecule has 96 valence electrons. The minimum atomic E-state index is 0.559. The summed E-state index contributed by atoms with van der Waals surface area (Å²) in [7, 11) is 0. The van der Waals surface area contributed by atoms with Gasteiger partial charge < -0.3 is 9.84 Å². The molecular formula is C13H17N3OS. The summed E-state index contributed by atoms with van der Waals surface area (Å²) >= 11 is 1.81. The Labute approximate surface area is 111 Å². The highest BCUT2D eigenvalue weighted by Crippen LogP contribution is 2.15.